The van der Waals surface area contributed by atoms with Gasteiger partial charge in [-0.25, -0.2) is 8.42 Å². The molecule has 1 atom stereocenters. The minimum absolute atomic E-state index is 0.00238. The zero-order valence-corrected chi connectivity index (χ0v) is 30.3. The van der Waals surface area contributed by atoms with E-state index in [0.717, 1.165) is 53.1 Å². The van der Waals surface area contributed by atoms with Crippen LogP contribution in [-0.2, 0) is 32.6 Å². The number of anilines is 1. The summed E-state index contributed by atoms with van der Waals surface area (Å²) >= 11 is 6.41. The molecule has 0 bridgehead atoms. The molecule has 0 aromatic heterocycles. The van der Waals surface area contributed by atoms with Crippen LogP contribution in [0.1, 0.15) is 48.8 Å². The van der Waals surface area contributed by atoms with Gasteiger partial charge in [0.25, 0.3) is 10.0 Å². The number of hydrogen-bond donors (Lipinski definition) is 1. The molecule has 1 N–H and O–H groups in total. The van der Waals surface area contributed by atoms with E-state index in [1.807, 2.05) is 49.4 Å². The van der Waals surface area contributed by atoms with Gasteiger partial charge in [0, 0.05) is 24.0 Å². The van der Waals surface area contributed by atoms with Crippen LogP contribution >= 0.6 is 11.6 Å². The average Bonchev–Trinajstić information content (AvgIpc) is 3.13. The van der Waals surface area contributed by atoms with Crippen molar-refractivity contribution < 1.29 is 27.5 Å². The van der Waals surface area contributed by atoms with E-state index in [2.05, 4.69) is 5.32 Å². The van der Waals surface area contributed by atoms with Crippen LogP contribution in [0.3, 0.4) is 0 Å². The third kappa shape index (κ3) is 9.17. The molecule has 0 radical (unpaired) electrons. The van der Waals surface area contributed by atoms with Crippen LogP contribution in [0.2, 0.25) is 5.02 Å². The largest absolute Gasteiger partial charge is 0.497 e. The summed E-state index contributed by atoms with van der Waals surface area (Å²) in [4.78, 5) is 30.7. The predicted molar refractivity (Wildman–Crippen MR) is 196 cm³/mol. The Labute approximate surface area is 300 Å². The normalized spacial score (nSPS) is 14.0. The maximum absolute atomic E-state index is 14.9. The van der Waals surface area contributed by atoms with Gasteiger partial charge in [-0.2, -0.15) is 0 Å². The molecular formula is C39H44ClN3O6S. The highest BCUT2D eigenvalue weighted by Crippen LogP contribution is 2.35. The summed E-state index contributed by atoms with van der Waals surface area (Å²) < 4.78 is 40.9. The molecule has 264 valence electrons. The standard InChI is InChI=1S/C39H44ClN3O6S/c1-28-17-20-34(21-18-28)50(46,47)43(35-25-31(40)19-22-37(35)49-3)27-38(44)42(26-30-13-10-16-33(23-30)48-2)36(24-29-11-6-4-7-12-29)39(45)41-32-14-8-5-9-15-32/h4,6-7,10-13,16-23,25,32,36H,5,8-9,14-15,24,26-27H2,1-3H3,(H,41,45)/t36-/m0/s1. The van der Waals surface area contributed by atoms with E-state index in [1.54, 1.807) is 43.5 Å². The Kier molecular flexibility index (Phi) is 12.4. The van der Waals surface area contributed by atoms with Crippen LogP contribution < -0.4 is 19.1 Å². The van der Waals surface area contributed by atoms with E-state index < -0.39 is 28.5 Å². The molecule has 0 spiro atoms. The van der Waals surface area contributed by atoms with Gasteiger partial charge < -0.3 is 19.7 Å². The summed E-state index contributed by atoms with van der Waals surface area (Å²) in [6, 6.07) is 26.8. The minimum Gasteiger partial charge on any atom is -0.497 e. The number of nitrogens with zero attached hydrogens (tertiary/aromatic N) is 2. The second-order valence-electron chi connectivity index (χ2n) is 12.6. The van der Waals surface area contributed by atoms with Crippen molar-refractivity contribution in [1.29, 1.82) is 0 Å². The van der Waals surface area contributed by atoms with Crippen LogP contribution in [0.4, 0.5) is 5.69 Å². The minimum atomic E-state index is -4.33. The molecule has 0 aliphatic heterocycles. The Morgan fingerprint density at radius 3 is 2.24 bits per heavy atom. The Morgan fingerprint density at radius 1 is 0.860 bits per heavy atom. The number of hydrogen-bond acceptors (Lipinski definition) is 6. The second kappa shape index (κ2) is 16.9. The smallest absolute Gasteiger partial charge is 0.264 e. The molecule has 4 aromatic rings. The maximum Gasteiger partial charge on any atom is 0.264 e. The molecule has 5 rings (SSSR count). The van der Waals surface area contributed by atoms with E-state index in [-0.39, 0.29) is 46.3 Å². The summed E-state index contributed by atoms with van der Waals surface area (Å²) in [6.45, 7) is 1.26. The molecule has 1 fully saturated rings. The SMILES string of the molecule is COc1cccc(CN(C(=O)CN(c2cc(Cl)ccc2OC)S(=O)(=O)c2ccc(C)cc2)[C@@H](Cc2ccccc2)C(=O)NC2CCCCC2)c1. The lowest BCUT2D eigenvalue weighted by Crippen LogP contribution is -2.55. The number of amides is 2. The van der Waals surface area contributed by atoms with Gasteiger partial charge in [-0.15, -0.1) is 0 Å². The average molecular weight is 718 g/mol. The highest BCUT2D eigenvalue weighted by Gasteiger charge is 2.36. The van der Waals surface area contributed by atoms with Crippen LogP contribution in [-0.4, -0.2) is 58.0 Å². The van der Waals surface area contributed by atoms with Crippen molar-refractivity contribution in [1.82, 2.24) is 10.2 Å². The quantitative estimate of drug-likeness (QED) is 0.151. The lowest BCUT2D eigenvalue weighted by Gasteiger charge is -2.35. The number of halogens is 1. The number of aryl methyl sites for hydroxylation is 1. The topological polar surface area (TPSA) is 105 Å². The van der Waals surface area contributed by atoms with E-state index in [0.29, 0.717) is 5.75 Å². The number of carbonyl (C=O) groups is 2. The first-order valence-electron chi connectivity index (χ1n) is 16.8. The Hall–Kier alpha value is -4.54. The molecule has 50 heavy (non-hydrogen) atoms. The molecule has 9 nitrogen and oxygen atoms in total. The Morgan fingerprint density at radius 2 is 1.56 bits per heavy atom. The van der Waals surface area contributed by atoms with Gasteiger partial charge in [0.2, 0.25) is 11.8 Å². The van der Waals surface area contributed by atoms with Gasteiger partial charge in [-0.1, -0.05) is 91.0 Å². The molecule has 0 saturated heterocycles. The number of carbonyl (C=O) groups excluding carboxylic acids is 2. The van der Waals surface area contributed by atoms with Gasteiger partial charge in [0.15, 0.2) is 0 Å². The molecule has 1 aliphatic rings. The van der Waals surface area contributed by atoms with Crippen LogP contribution in [0.15, 0.2) is 102 Å². The van der Waals surface area contributed by atoms with Gasteiger partial charge >= 0.3 is 0 Å². The highest BCUT2D eigenvalue weighted by molar-refractivity contribution is 7.92. The zero-order valence-electron chi connectivity index (χ0n) is 28.7. The monoisotopic (exact) mass is 717 g/mol. The summed E-state index contributed by atoms with van der Waals surface area (Å²) in [5.41, 5.74) is 2.56. The first-order chi connectivity index (χ1) is 24.1. The first kappa shape index (κ1) is 36.7. The molecule has 1 aliphatic carbocycles. The van der Waals surface area contributed by atoms with Crippen molar-refractivity contribution >= 4 is 39.1 Å². The zero-order chi connectivity index (χ0) is 35.7. The van der Waals surface area contributed by atoms with Gasteiger partial charge in [-0.3, -0.25) is 13.9 Å². The van der Waals surface area contributed by atoms with Crippen molar-refractivity contribution in [3.05, 3.63) is 119 Å². The van der Waals surface area contributed by atoms with E-state index in [9.17, 15) is 18.0 Å². The number of methoxy groups -OCH3 is 2. The molecule has 2 amide bonds. The maximum atomic E-state index is 14.9. The Balaban J connectivity index is 1.61. The lowest BCUT2D eigenvalue weighted by atomic mass is 9.94. The molecule has 0 heterocycles. The van der Waals surface area contributed by atoms with Gasteiger partial charge in [0.05, 0.1) is 24.8 Å². The number of ether oxygens (including phenoxy) is 2. The van der Waals surface area contributed by atoms with E-state index >= 15 is 0 Å². The van der Waals surface area contributed by atoms with Crippen molar-refractivity contribution in [3.63, 3.8) is 0 Å². The third-order valence-electron chi connectivity index (χ3n) is 9.01. The molecule has 11 heteroatoms. The Bertz CT molecular complexity index is 1860. The third-order valence-corrected chi connectivity index (χ3v) is 11.0. The molecule has 0 unspecified atom stereocenters. The van der Waals surface area contributed by atoms with Gasteiger partial charge in [0.1, 0.15) is 24.1 Å². The fraction of sp³-hybridized carbons (Fsp3) is 0.333. The van der Waals surface area contributed by atoms with Crippen LogP contribution in [0.25, 0.3) is 0 Å². The van der Waals surface area contributed by atoms with E-state index in [1.165, 1.54) is 30.2 Å². The fourth-order valence-corrected chi connectivity index (χ4v) is 7.86. The predicted octanol–water partition coefficient (Wildman–Crippen LogP) is 6.95. The van der Waals surface area contributed by atoms with Crippen molar-refractivity contribution in [2.45, 2.75) is 69.0 Å². The highest BCUT2D eigenvalue weighted by atomic mass is 35.5. The number of nitrogens with one attached hydrogen (secondary N) is 1. The van der Waals surface area contributed by atoms with Crippen LogP contribution in [0, 0.1) is 6.92 Å². The molecule has 1 saturated carbocycles. The van der Waals surface area contributed by atoms with Crippen molar-refractivity contribution in [2.24, 2.45) is 0 Å². The number of benzene rings is 4. The first-order valence-corrected chi connectivity index (χ1v) is 18.6. The molecular weight excluding hydrogens is 674 g/mol. The summed E-state index contributed by atoms with van der Waals surface area (Å²) in [6.07, 6.45) is 5.12. The van der Waals surface area contributed by atoms with E-state index in [4.69, 9.17) is 21.1 Å². The summed E-state index contributed by atoms with van der Waals surface area (Å²) in [5, 5.41) is 3.49. The molecule has 4 aromatic carbocycles. The summed E-state index contributed by atoms with van der Waals surface area (Å²) in [7, 11) is -1.35. The second-order valence-corrected chi connectivity index (χ2v) is 14.9. The number of rotatable bonds is 14. The summed E-state index contributed by atoms with van der Waals surface area (Å²) in [5.74, 6) is -0.0583. The lowest BCUT2D eigenvalue weighted by molar-refractivity contribution is -0.140. The number of sulfonamides is 1. The van der Waals surface area contributed by atoms with Crippen molar-refractivity contribution in [2.75, 3.05) is 25.1 Å². The van der Waals surface area contributed by atoms with Crippen molar-refractivity contribution in [3.8, 4) is 11.5 Å². The van der Waals surface area contributed by atoms with Crippen LogP contribution in [0.5, 0.6) is 11.5 Å². The van der Waals surface area contributed by atoms with Gasteiger partial charge in [-0.05, 0) is 73.4 Å². The fourth-order valence-electron chi connectivity index (χ4n) is 6.27.